The number of hydrogen-bond donors (Lipinski definition) is 1. The van der Waals surface area contributed by atoms with Crippen LogP contribution in [-0.4, -0.2) is 33.4 Å². The van der Waals surface area contributed by atoms with E-state index in [2.05, 4.69) is 34.0 Å². The van der Waals surface area contributed by atoms with Gasteiger partial charge in [-0.25, -0.2) is 0 Å². The molecule has 22 heavy (non-hydrogen) atoms. The molecule has 2 aromatic rings. The average Bonchev–Trinajstić information content (AvgIpc) is 2.55. The standard InChI is InChI=1S/C17H20N4O/c1-12(2)21-8-6-15-13(11-21)9-14(10-19-15)20-17(22)16-5-3-4-7-18-16/h3-5,7,9-10,12H,6,8,11H2,1-2H3,(H,20,22). The highest BCUT2D eigenvalue weighted by atomic mass is 16.1. The molecule has 0 fully saturated rings. The third-order valence-electron chi connectivity index (χ3n) is 3.95. The highest BCUT2D eigenvalue weighted by molar-refractivity contribution is 6.02. The lowest BCUT2D eigenvalue weighted by Crippen LogP contribution is -2.36. The summed E-state index contributed by atoms with van der Waals surface area (Å²) in [6, 6.07) is 7.82. The molecule has 3 heterocycles. The molecule has 0 saturated heterocycles. The Morgan fingerprint density at radius 1 is 1.32 bits per heavy atom. The topological polar surface area (TPSA) is 58.1 Å². The van der Waals surface area contributed by atoms with E-state index in [4.69, 9.17) is 0 Å². The molecule has 3 rings (SSSR count). The van der Waals surface area contributed by atoms with Gasteiger partial charge in [0.15, 0.2) is 0 Å². The first-order valence-corrected chi connectivity index (χ1v) is 7.57. The Hall–Kier alpha value is -2.27. The molecule has 5 nitrogen and oxygen atoms in total. The molecule has 0 spiro atoms. The van der Waals surface area contributed by atoms with Crippen LogP contribution in [0.2, 0.25) is 0 Å². The van der Waals surface area contributed by atoms with Gasteiger partial charge in [-0.15, -0.1) is 0 Å². The lowest BCUT2D eigenvalue weighted by molar-refractivity contribution is 0.102. The van der Waals surface area contributed by atoms with E-state index < -0.39 is 0 Å². The van der Waals surface area contributed by atoms with Gasteiger partial charge < -0.3 is 5.32 Å². The van der Waals surface area contributed by atoms with Crippen molar-refractivity contribution in [3.05, 3.63) is 53.6 Å². The van der Waals surface area contributed by atoms with E-state index in [1.165, 1.54) is 5.56 Å². The zero-order valence-electron chi connectivity index (χ0n) is 12.9. The number of pyridine rings is 2. The van der Waals surface area contributed by atoms with Crippen molar-refractivity contribution in [1.29, 1.82) is 0 Å². The molecule has 0 bridgehead atoms. The molecule has 0 aromatic carbocycles. The Labute approximate surface area is 130 Å². The number of nitrogens with one attached hydrogen (secondary N) is 1. The summed E-state index contributed by atoms with van der Waals surface area (Å²) >= 11 is 0. The minimum absolute atomic E-state index is 0.209. The molecule has 2 aromatic heterocycles. The van der Waals surface area contributed by atoms with E-state index >= 15 is 0 Å². The maximum Gasteiger partial charge on any atom is 0.274 e. The molecule has 0 aliphatic carbocycles. The third-order valence-corrected chi connectivity index (χ3v) is 3.95. The smallest absolute Gasteiger partial charge is 0.274 e. The van der Waals surface area contributed by atoms with Gasteiger partial charge in [-0.05, 0) is 37.6 Å². The van der Waals surface area contributed by atoms with E-state index in [0.717, 1.165) is 30.9 Å². The number of rotatable bonds is 3. The first-order chi connectivity index (χ1) is 10.6. The number of hydrogen-bond acceptors (Lipinski definition) is 4. The summed E-state index contributed by atoms with van der Waals surface area (Å²) in [6.45, 7) is 6.32. The van der Waals surface area contributed by atoms with Crippen molar-refractivity contribution in [3.63, 3.8) is 0 Å². The molecule has 0 unspecified atom stereocenters. The summed E-state index contributed by atoms with van der Waals surface area (Å²) in [5, 5.41) is 2.87. The van der Waals surface area contributed by atoms with Crippen molar-refractivity contribution in [2.45, 2.75) is 32.9 Å². The summed E-state index contributed by atoms with van der Waals surface area (Å²) in [7, 11) is 0. The van der Waals surface area contributed by atoms with Crippen LogP contribution in [0.3, 0.4) is 0 Å². The fourth-order valence-electron chi connectivity index (χ4n) is 2.65. The predicted octanol–water partition coefficient (Wildman–Crippen LogP) is 2.50. The largest absolute Gasteiger partial charge is 0.319 e. The van der Waals surface area contributed by atoms with Gasteiger partial charge in [0, 0.05) is 37.4 Å². The molecule has 1 N–H and O–H groups in total. The molecule has 5 heteroatoms. The van der Waals surface area contributed by atoms with Crippen molar-refractivity contribution in [2.75, 3.05) is 11.9 Å². The van der Waals surface area contributed by atoms with Gasteiger partial charge in [-0.2, -0.15) is 0 Å². The summed E-state index contributed by atoms with van der Waals surface area (Å²) in [5.41, 5.74) is 3.45. The summed E-state index contributed by atoms with van der Waals surface area (Å²) in [5.74, 6) is -0.209. The lowest BCUT2D eigenvalue weighted by atomic mass is 10.0. The third kappa shape index (κ3) is 3.14. The fourth-order valence-corrected chi connectivity index (χ4v) is 2.65. The molecule has 1 amide bonds. The van der Waals surface area contributed by atoms with Gasteiger partial charge in [0.2, 0.25) is 0 Å². The van der Waals surface area contributed by atoms with Gasteiger partial charge in [-0.1, -0.05) is 6.07 Å². The number of anilines is 1. The Bertz CT molecular complexity index is 670. The predicted molar refractivity (Wildman–Crippen MR) is 85.7 cm³/mol. The molecule has 0 radical (unpaired) electrons. The zero-order valence-corrected chi connectivity index (χ0v) is 12.9. The SMILES string of the molecule is CC(C)N1CCc2ncc(NC(=O)c3ccccn3)cc2C1. The van der Waals surface area contributed by atoms with Gasteiger partial charge in [0.05, 0.1) is 11.9 Å². The Morgan fingerprint density at radius 2 is 2.18 bits per heavy atom. The number of carbonyl (C=O) groups excluding carboxylic acids is 1. The average molecular weight is 296 g/mol. The van der Waals surface area contributed by atoms with Crippen molar-refractivity contribution in [2.24, 2.45) is 0 Å². The molecule has 0 atom stereocenters. The van der Waals surface area contributed by atoms with E-state index in [1.807, 2.05) is 6.07 Å². The van der Waals surface area contributed by atoms with Gasteiger partial charge in [-0.3, -0.25) is 19.7 Å². The maximum atomic E-state index is 12.1. The van der Waals surface area contributed by atoms with Crippen molar-refractivity contribution < 1.29 is 4.79 Å². The van der Waals surface area contributed by atoms with E-state index in [0.29, 0.717) is 11.7 Å². The number of aromatic nitrogens is 2. The first-order valence-electron chi connectivity index (χ1n) is 7.57. The van der Waals surface area contributed by atoms with Crippen molar-refractivity contribution in [1.82, 2.24) is 14.9 Å². The fraction of sp³-hybridized carbons (Fsp3) is 0.353. The molecule has 1 aliphatic rings. The number of amides is 1. The molecule has 0 saturated carbocycles. The Morgan fingerprint density at radius 3 is 2.91 bits per heavy atom. The normalized spacial score (nSPS) is 14.7. The maximum absolute atomic E-state index is 12.1. The number of carbonyl (C=O) groups is 1. The van der Waals surface area contributed by atoms with Crippen LogP contribution in [0.1, 0.15) is 35.6 Å². The zero-order chi connectivity index (χ0) is 15.5. The van der Waals surface area contributed by atoms with Crippen molar-refractivity contribution >= 4 is 11.6 Å². The molecular formula is C17H20N4O. The highest BCUT2D eigenvalue weighted by Gasteiger charge is 2.20. The van der Waals surface area contributed by atoms with Crippen LogP contribution in [-0.2, 0) is 13.0 Å². The first kappa shape index (κ1) is 14.7. The van der Waals surface area contributed by atoms with E-state index in [-0.39, 0.29) is 5.91 Å². The Kier molecular flexibility index (Phi) is 4.15. The van der Waals surface area contributed by atoms with Crippen LogP contribution in [0, 0.1) is 0 Å². The van der Waals surface area contributed by atoms with Crippen LogP contribution in [0.5, 0.6) is 0 Å². The van der Waals surface area contributed by atoms with Gasteiger partial charge >= 0.3 is 0 Å². The lowest BCUT2D eigenvalue weighted by Gasteiger charge is -2.31. The summed E-state index contributed by atoms with van der Waals surface area (Å²) in [4.78, 5) is 23.1. The number of nitrogens with zero attached hydrogens (tertiary/aromatic N) is 3. The molecular weight excluding hydrogens is 276 g/mol. The molecule has 114 valence electrons. The number of fused-ring (bicyclic) bond motifs is 1. The van der Waals surface area contributed by atoms with Crippen molar-refractivity contribution in [3.8, 4) is 0 Å². The minimum Gasteiger partial charge on any atom is -0.319 e. The van der Waals surface area contributed by atoms with Crippen LogP contribution in [0.15, 0.2) is 36.7 Å². The van der Waals surface area contributed by atoms with Gasteiger partial charge in [0.25, 0.3) is 5.91 Å². The minimum atomic E-state index is -0.209. The second-order valence-corrected chi connectivity index (χ2v) is 5.81. The monoisotopic (exact) mass is 296 g/mol. The van der Waals surface area contributed by atoms with Crippen LogP contribution in [0.4, 0.5) is 5.69 Å². The summed E-state index contributed by atoms with van der Waals surface area (Å²) < 4.78 is 0. The van der Waals surface area contributed by atoms with Crippen LogP contribution < -0.4 is 5.32 Å². The molecule has 1 aliphatic heterocycles. The van der Waals surface area contributed by atoms with Gasteiger partial charge in [0.1, 0.15) is 5.69 Å². The quantitative estimate of drug-likeness (QED) is 0.945. The Balaban J connectivity index is 1.76. The summed E-state index contributed by atoms with van der Waals surface area (Å²) in [6.07, 6.45) is 4.30. The van der Waals surface area contributed by atoms with E-state index in [9.17, 15) is 4.79 Å². The van der Waals surface area contributed by atoms with E-state index in [1.54, 1.807) is 30.6 Å². The van der Waals surface area contributed by atoms with Crippen LogP contribution >= 0.6 is 0 Å². The highest BCUT2D eigenvalue weighted by Crippen LogP contribution is 2.22. The second-order valence-electron chi connectivity index (χ2n) is 5.81. The van der Waals surface area contributed by atoms with Crippen LogP contribution in [0.25, 0.3) is 0 Å². The second kappa shape index (κ2) is 6.23.